The molecule has 0 radical (unpaired) electrons. The molecule has 0 aliphatic heterocycles. The van der Waals surface area contributed by atoms with Crippen LogP contribution in [0.2, 0.25) is 0 Å². The molecular formula is C19H19O2P. The summed E-state index contributed by atoms with van der Waals surface area (Å²) in [6, 6.07) is 19.0. The van der Waals surface area contributed by atoms with Gasteiger partial charge in [-0.15, -0.1) is 0 Å². The minimum atomic E-state index is -0.544. The Balaban J connectivity index is 2.03. The first-order valence-electron chi connectivity index (χ1n) is 7.30. The summed E-state index contributed by atoms with van der Waals surface area (Å²) in [5.74, 6) is 0.910. The predicted molar refractivity (Wildman–Crippen MR) is 93.6 cm³/mol. The van der Waals surface area contributed by atoms with Crippen LogP contribution in [0.25, 0.3) is 0 Å². The van der Waals surface area contributed by atoms with Gasteiger partial charge < -0.3 is 9.47 Å². The monoisotopic (exact) mass is 310 g/mol. The Morgan fingerprint density at radius 3 is 2.32 bits per heavy atom. The van der Waals surface area contributed by atoms with Gasteiger partial charge in [0.1, 0.15) is 5.75 Å². The van der Waals surface area contributed by atoms with Crippen molar-refractivity contribution in [3.63, 3.8) is 0 Å². The van der Waals surface area contributed by atoms with E-state index in [0.29, 0.717) is 5.66 Å². The van der Waals surface area contributed by atoms with Crippen molar-refractivity contribution in [2.45, 2.75) is 5.66 Å². The van der Waals surface area contributed by atoms with Gasteiger partial charge in [-0.2, -0.15) is 0 Å². The van der Waals surface area contributed by atoms with Crippen molar-refractivity contribution >= 4 is 18.5 Å². The number of methoxy groups -OCH3 is 1. The molecule has 2 aromatic rings. The van der Waals surface area contributed by atoms with Crippen LogP contribution in [0.3, 0.4) is 0 Å². The molecule has 1 aliphatic rings. The van der Waals surface area contributed by atoms with E-state index in [2.05, 4.69) is 66.8 Å². The van der Waals surface area contributed by atoms with Crippen LogP contribution in [-0.2, 0) is 4.74 Å². The molecule has 1 atom stereocenters. The van der Waals surface area contributed by atoms with Crippen molar-refractivity contribution in [1.29, 1.82) is 0 Å². The lowest BCUT2D eigenvalue weighted by atomic mass is 10.3. The summed E-state index contributed by atoms with van der Waals surface area (Å²) >= 11 is 0. The minimum Gasteiger partial charge on any atom is -0.467 e. The van der Waals surface area contributed by atoms with Crippen molar-refractivity contribution in [2.75, 3.05) is 13.9 Å². The fourth-order valence-electron chi connectivity index (χ4n) is 2.55. The summed E-state index contributed by atoms with van der Waals surface area (Å²) in [7, 11) is 1.10. The van der Waals surface area contributed by atoms with Gasteiger partial charge in [-0.1, -0.05) is 72.8 Å². The van der Waals surface area contributed by atoms with E-state index < -0.39 is 7.92 Å². The first kappa shape index (κ1) is 15.0. The second-order valence-corrected chi connectivity index (χ2v) is 7.32. The summed E-state index contributed by atoms with van der Waals surface area (Å²) in [6.07, 6.45) is 8.79. The maximum absolute atomic E-state index is 5.79. The topological polar surface area (TPSA) is 18.5 Å². The fourth-order valence-corrected chi connectivity index (χ4v) is 5.16. The number of para-hydroxylation sites is 1. The van der Waals surface area contributed by atoms with Crippen molar-refractivity contribution in [3.05, 3.63) is 78.9 Å². The molecule has 0 bridgehead atoms. The molecule has 1 unspecified atom stereocenters. The summed E-state index contributed by atoms with van der Waals surface area (Å²) in [6.45, 7) is 0.269. The molecular weight excluding hydrogens is 291 g/mol. The number of hydrogen-bond acceptors (Lipinski definition) is 2. The van der Waals surface area contributed by atoms with Crippen molar-refractivity contribution in [3.8, 4) is 5.75 Å². The SMILES string of the molecule is COCOc1ccccc1P(c1ccccc1)C1C=CC=C1. The van der Waals surface area contributed by atoms with Crippen LogP contribution in [0.4, 0.5) is 0 Å². The number of ether oxygens (including phenoxy) is 2. The maximum Gasteiger partial charge on any atom is 0.188 e. The molecule has 112 valence electrons. The van der Waals surface area contributed by atoms with Crippen molar-refractivity contribution in [1.82, 2.24) is 0 Å². The van der Waals surface area contributed by atoms with E-state index >= 15 is 0 Å². The van der Waals surface area contributed by atoms with Crippen molar-refractivity contribution < 1.29 is 9.47 Å². The number of benzene rings is 2. The number of hydrogen-bond donors (Lipinski definition) is 0. The predicted octanol–water partition coefficient (Wildman–Crippen LogP) is 3.60. The molecule has 0 fully saturated rings. The van der Waals surface area contributed by atoms with Gasteiger partial charge in [-0.05, 0) is 19.3 Å². The second-order valence-electron chi connectivity index (χ2n) is 4.98. The van der Waals surface area contributed by atoms with Gasteiger partial charge in [-0.25, -0.2) is 0 Å². The highest BCUT2D eigenvalue weighted by Gasteiger charge is 2.24. The molecule has 2 aromatic carbocycles. The number of rotatable bonds is 6. The first-order chi connectivity index (χ1) is 10.9. The molecule has 2 nitrogen and oxygen atoms in total. The zero-order valence-electron chi connectivity index (χ0n) is 12.6. The molecule has 1 aliphatic carbocycles. The standard InChI is InChI=1S/C19H19O2P/c1-20-15-21-18-13-7-8-14-19(18)22(17-11-5-6-12-17)16-9-3-2-4-10-16/h2-14,17H,15H2,1H3. The summed E-state index contributed by atoms with van der Waals surface area (Å²) < 4.78 is 10.9. The fraction of sp³-hybridized carbons (Fsp3) is 0.158. The Morgan fingerprint density at radius 2 is 1.59 bits per heavy atom. The van der Waals surface area contributed by atoms with Gasteiger partial charge in [0, 0.05) is 18.1 Å². The van der Waals surface area contributed by atoms with E-state index in [-0.39, 0.29) is 6.79 Å². The molecule has 0 heterocycles. The molecule has 0 saturated heterocycles. The zero-order chi connectivity index (χ0) is 15.2. The summed E-state index contributed by atoms with van der Waals surface area (Å²) in [5, 5.41) is 2.61. The van der Waals surface area contributed by atoms with Gasteiger partial charge in [0.25, 0.3) is 0 Å². The van der Waals surface area contributed by atoms with E-state index in [1.54, 1.807) is 7.11 Å². The Kier molecular flexibility index (Phi) is 5.05. The van der Waals surface area contributed by atoms with Crippen LogP contribution in [0, 0.1) is 0 Å². The lowest BCUT2D eigenvalue weighted by molar-refractivity contribution is 0.0519. The van der Waals surface area contributed by atoms with E-state index in [0.717, 1.165) is 5.75 Å². The molecule has 0 spiro atoms. The average Bonchev–Trinajstić information content (AvgIpc) is 3.09. The Hall–Kier alpha value is -1.89. The normalized spacial score (nSPS) is 15.1. The molecule has 3 rings (SSSR count). The largest absolute Gasteiger partial charge is 0.467 e. The Morgan fingerprint density at radius 1 is 0.909 bits per heavy atom. The second kappa shape index (κ2) is 7.40. The minimum absolute atomic E-state index is 0.269. The third kappa shape index (κ3) is 3.30. The van der Waals surface area contributed by atoms with Crippen LogP contribution < -0.4 is 15.3 Å². The average molecular weight is 310 g/mol. The van der Waals surface area contributed by atoms with Crippen LogP contribution in [0.15, 0.2) is 78.9 Å². The smallest absolute Gasteiger partial charge is 0.188 e. The van der Waals surface area contributed by atoms with Crippen LogP contribution in [0.1, 0.15) is 0 Å². The number of allylic oxidation sites excluding steroid dienone is 4. The quantitative estimate of drug-likeness (QED) is 0.599. The Labute approximate surface area is 132 Å². The van der Waals surface area contributed by atoms with Crippen molar-refractivity contribution in [2.24, 2.45) is 0 Å². The highest BCUT2D eigenvalue weighted by Crippen LogP contribution is 2.44. The highest BCUT2D eigenvalue weighted by molar-refractivity contribution is 7.74. The van der Waals surface area contributed by atoms with Crippen LogP contribution in [-0.4, -0.2) is 19.6 Å². The summed E-state index contributed by atoms with van der Waals surface area (Å²) in [5.41, 5.74) is 0.407. The van der Waals surface area contributed by atoms with Gasteiger partial charge >= 0.3 is 0 Å². The lowest BCUT2D eigenvalue weighted by Crippen LogP contribution is -2.21. The molecule has 0 aromatic heterocycles. The zero-order valence-corrected chi connectivity index (χ0v) is 13.4. The molecule has 0 amide bonds. The lowest BCUT2D eigenvalue weighted by Gasteiger charge is -2.25. The first-order valence-corrected chi connectivity index (χ1v) is 8.71. The van der Waals surface area contributed by atoms with Gasteiger partial charge in [0.2, 0.25) is 0 Å². The van der Waals surface area contributed by atoms with E-state index in [9.17, 15) is 0 Å². The van der Waals surface area contributed by atoms with Crippen LogP contribution in [0.5, 0.6) is 5.75 Å². The summed E-state index contributed by atoms with van der Waals surface area (Å²) in [4.78, 5) is 0. The molecule has 0 N–H and O–H groups in total. The third-order valence-corrected chi connectivity index (χ3v) is 6.20. The third-order valence-electron chi connectivity index (χ3n) is 3.52. The van der Waals surface area contributed by atoms with E-state index in [4.69, 9.17) is 9.47 Å². The molecule has 22 heavy (non-hydrogen) atoms. The maximum atomic E-state index is 5.79. The van der Waals surface area contributed by atoms with Gasteiger partial charge in [0.15, 0.2) is 6.79 Å². The van der Waals surface area contributed by atoms with Gasteiger partial charge in [0.05, 0.1) is 0 Å². The molecule has 0 saturated carbocycles. The van der Waals surface area contributed by atoms with Crippen LogP contribution >= 0.6 is 7.92 Å². The van der Waals surface area contributed by atoms with E-state index in [1.807, 2.05) is 12.1 Å². The van der Waals surface area contributed by atoms with Gasteiger partial charge in [-0.3, -0.25) is 0 Å². The Bertz CT molecular complexity index is 652. The molecule has 3 heteroatoms. The van der Waals surface area contributed by atoms with E-state index in [1.165, 1.54) is 10.6 Å². The highest BCUT2D eigenvalue weighted by atomic mass is 31.1.